The number of carbonyl (C=O) groups is 1. The number of likely N-dealkylation sites (tertiary alicyclic amines) is 1. The Morgan fingerprint density at radius 2 is 1.77 bits per heavy atom. The fourth-order valence-corrected chi connectivity index (χ4v) is 3.77. The number of hydrogen-bond donors (Lipinski definition) is 0. The standard InChI is InChI=1S/C21H26F3N3O4/c1-14(21(22,23)24)29-20(28)27-10-7-18(8-11-27)30-16-2-4-17(5-3-16)31-19-6-9-26-13-15(19)12-25/h6,9,13-14,16-18H,2-5,7-8,10-11H2,1H3/t14?,16-,17-. The Morgan fingerprint density at radius 3 is 2.39 bits per heavy atom. The molecule has 0 radical (unpaired) electrons. The van der Waals surface area contributed by atoms with Crippen LogP contribution in [0, 0.1) is 11.3 Å². The van der Waals surface area contributed by atoms with Gasteiger partial charge in [-0.15, -0.1) is 0 Å². The molecule has 10 heteroatoms. The maximum absolute atomic E-state index is 12.5. The fourth-order valence-electron chi connectivity index (χ4n) is 3.77. The molecule has 1 aromatic rings. The first-order valence-corrected chi connectivity index (χ1v) is 10.4. The molecule has 2 fully saturated rings. The van der Waals surface area contributed by atoms with E-state index in [-0.39, 0.29) is 18.3 Å². The van der Waals surface area contributed by atoms with Crippen molar-refractivity contribution in [2.75, 3.05) is 13.1 Å². The third-order valence-electron chi connectivity index (χ3n) is 5.64. The number of alkyl halides is 3. The number of aromatic nitrogens is 1. The summed E-state index contributed by atoms with van der Waals surface area (Å²) >= 11 is 0. The number of pyridine rings is 1. The van der Waals surface area contributed by atoms with Crippen molar-refractivity contribution < 1.29 is 32.2 Å². The Bertz CT molecular complexity index is 783. The van der Waals surface area contributed by atoms with Gasteiger partial charge in [-0.05, 0) is 51.5 Å². The van der Waals surface area contributed by atoms with Crippen molar-refractivity contribution in [3.05, 3.63) is 24.0 Å². The molecule has 0 N–H and O–H groups in total. The third-order valence-corrected chi connectivity index (χ3v) is 5.64. The number of carbonyl (C=O) groups excluding carboxylic acids is 1. The second-order valence-corrected chi connectivity index (χ2v) is 7.89. The maximum atomic E-state index is 12.5. The summed E-state index contributed by atoms with van der Waals surface area (Å²) in [6, 6.07) is 3.76. The summed E-state index contributed by atoms with van der Waals surface area (Å²) < 4.78 is 54.3. The zero-order chi connectivity index (χ0) is 22.4. The summed E-state index contributed by atoms with van der Waals surface area (Å²) in [6.45, 7) is 1.45. The van der Waals surface area contributed by atoms with E-state index in [1.54, 1.807) is 12.3 Å². The molecule has 1 atom stereocenters. The van der Waals surface area contributed by atoms with Crippen LogP contribution >= 0.6 is 0 Å². The Kier molecular flexibility index (Phi) is 7.59. The Morgan fingerprint density at radius 1 is 1.16 bits per heavy atom. The normalized spacial score (nSPS) is 23.6. The average molecular weight is 441 g/mol. The lowest BCUT2D eigenvalue weighted by Gasteiger charge is -2.36. The summed E-state index contributed by atoms with van der Waals surface area (Å²) in [6.07, 6.45) is -0.0947. The molecule has 1 aromatic heterocycles. The van der Waals surface area contributed by atoms with E-state index in [9.17, 15) is 18.0 Å². The molecular weight excluding hydrogens is 415 g/mol. The highest BCUT2D eigenvalue weighted by Crippen LogP contribution is 2.29. The topological polar surface area (TPSA) is 84.7 Å². The minimum Gasteiger partial charge on any atom is -0.489 e. The molecule has 2 heterocycles. The van der Waals surface area contributed by atoms with Crippen LogP contribution in [-0.2, 0) is 9.47 Å². The minimum atomic E-state index is -4.56. The number of rotatable bonds is 5. The van der Waals surface area contributed by atoms with E-state index in [0.29, 0.717) is 37.2 Å². The van der Waals surface area contributed by atoms with Crippen LogP contribution in [0.25, 0.3) is 0 Å². The Balaban J connectivity index is 1.37. The molecule has 0 bridgehead atoms. The van der Waals surface area contributed by atoms with Crippen LogP contribution in [0.1, 0.15) is 51.0 Å². The molecular formula is C21H26F3N3O4. The van der Waals surface area contributed by atoms with Gasteiger partial charge in [0, 0.05) is 25.5 Å². The van der Waals surface area contributed by atoms with Gasteiger partial charge in [0.05, 0.1) is 18.3 Å². The highest BCUT2D eigenvalue weighted by molar-refractivity contribution is 5.68. The molecule has 170 valence electrons. The van der Waals surface area contributed by atoms with Gasteiger partial charge >= 0.3 is 12.3 Å². The number of piperidine rings is 1. The molecule has 1 aliphatic heterocycles. The van der Waals surface area contributed by atoms with E-state index < -0.39 is 18.4 Å². The van der Waals surface area contributed by atoms with Gasteiger partial charge in [0.15, 0.2) is 6.10 Å². The van der Waals surface area contributed by atoms with Gasteiger partial charge in [-0.2, -0.15) is 18.4 Å². The molecule has 2 aliphatic rings. The smallest absolute Gasteiger partial charge is 0.425 e. The van der Waals surface area contributed by atoms with Crippen LogP contribution in [0.4, 0.5) is 18.0 Å². The number of nitrogens with zero attached hydrogens (tertiary/aromatic N) is 3. The van der Waals surface area contributed by atoms with E-state index in [1.807, 2.05) is 0 Å². The monoisotopic (exact) mass is 441 g/mol. The van der Waals surface area contributed by atoms with Crippen molar-refractivity contribution in [3.8, 4) is 11.8 Å². The maximum Gasteiger partial charge on any atom is 0.425 e. The van der Waals surface area contributed by atoms with Gasteiger partial charge in [-0.3, -0.25) is 4.98 Å². The van der Waals surface area contributed by atoms with E-state index in [0.717, 1.165) is 32.6 Å². The van der Waals surface area contributed by atoms with Crippen molar-refractivity contribution in [3.63, 3.8) is 0 Å². The first kappa shape index (κ1) is 23.1. The van der Waals surface area contributed by atoms with E-state index >= 15 is 0 Å². The SMILES string of the molecule is CC(OC(=O)N1CCC(O[C@H]2CC[C@H](Oc3ccncc3C#N)CC2)CC1)C(F)(F)F. The summed E-state index contributed by atoms with van der Waals surface area (Å²) in [5, 5.41) is 9.13. The molecule has 7 nitrogen and oxygen atoms in total. The zero-order valence-electron chi connectivity index (χ0n) is 17.3. The first-order valence-electron chi connectivity index (χ1n) is 10.4. The highest BCUT2D eigenvalue weighted by atomic mass is 19.4. The van der Waals surface area contributed by atoms with Gasteiger partial charge in [0.2, 0.25) is 0 Å². The van der Waals surface area contributed by atoms with Gasteiger partial charge in [0.25, 0.3) is 0 Å². The van der Waals surface area contributed by atoms with Crippen LogP contribution in [0.5, 0.6) is 5.75 Å². The van der Waals surface area contributed by atoms with Crippen LogP contribution in [-0.4, -0.2) is 59.7 Å². The molecule has 0 spiro atoms. The summed E-state index contributed by atoms with van der Waals surface area (Å²) in [4.78, 5) is 17.1. The lowest BCUT2D eigenvalue weighted by Crippen LogP contribution is -2.44. The van der Waals surface area contributed by atoms with E-state index in [2.05, 4.69) is 15.8 Å². The lowest BCUT2D eigenvalue weighted by atomic mass is 9.94. The number of amides is 1. The van der Waals surface area contributed by atoms with E-state index in [1.165, 1.54) is 11.1 Å². The second-order valence-electron chi connectivity index (χ2n) is 7.89. The average Bonchev–Trinajstić information content (AvgIpc) is 2.75. The quantitative estimate of drug-likeness (QED) is 0.681. The number of nitriles is 1. The van der Waals surface area contributed by atoms with Crippen molar-refractivity contribution in [1.82, 2.24) is 9.88 Å². The number of hydrogen-bond acceptors (Lipinski definition) is 6. The number of ether oxygens (including phenoxy) is 3. The van der Waals surface area contributed by atoms with Crippen molar-refractivity contribution in [2.45, 2.75) is 76.0 Å². The summed E-state index contributed by atoms with van der Waals surface area (Å²) in [7, 11) is 0. The lowest BCUT2D eigenvalue weighted by molar-refractivity contribution is -0.200. The molecule has 1 amide bonds. The zero-order valence-corrected chi connectivity index (χ0v) is 17.3. The fraction of sp³-hybridized carbons (Fsp3) is 0.667. The van der Waals surface area contributed by atoms with Crippen LogP contribution < -0.4 is 4.74 Å². The van der Waals surface area contributed by atoms with Gasteiger partial charge in [-0.25, -0.2) is 4.79 Å². The molecule has 3 rings (SSSR count). The largest absolute Gasteiger partial charge is 0.489 e. The predicted octanol–water partition coefficient (Wildman–Crippen LogP) is 4.21. The van der Waals surface area contributed by atoms with Gasteiger partial charge in [-0.1, -0.05) is 0 Å². The first-order chi connectivity index (χ1) is 14.8. The van der Waals surface area contributed by atoms with Crippen LogP contribution in [0.15, 0.2) is 18.5 Å². The highest BCUT2D eigenvalue weighted by Gasteiger charge is 2.40. The van der Waals surface area contributed by atoms with Crippen molar-refractivity contribution in [1.29, 1.82) is 5.26 Å². The Labute approximate surface area is 179 Å². The molecule has 1 saturated heterocycles. The molecule has 31 heavy (non-hydrogen) atoms. The summed E-state index contributed by atoms with van der Waals surface area (Å²) in [5.41, 5.74) is 0.413. The van der Waals surface area contributed by atoms with Crippen LogP contribution in [0.2, 0.25) is 0 Å². The molecule has 1 unspecified atom stereocenters. The van der Waals surface area contributed by atoms with Crippen molar-refractivity contribution in [2.24, 2.45) is 0 Å². The Hall–Kier alpha value is -2.54. The second kappa shape index (κ2) is 10.2. The minimum absolute atomic E-state index is 0.0154. The van der Waals surface area contributed by atoms with Crippen molar-refractivity contribution >= 4 is 6.09 Å². The summed E-state index contributed by atoms with van der Waals surface area (Å²) in [5.74, 6) is 0.543. The van der Waals surface area contributed by atoms with Gasteiger partial charge in [0.1, 0.15) is 17.4 Å². The molecule has 0 aromatic carbocycles. The number of halogens is 3. The van der Waals surface area contributed by atoms with E-state index in [4.69, 9.17) is 14.7 Å². The predicted molar refractivity (Wildman–Crippen MR) is 103 cm³/mol. The third kappa shape index (κ3) is 6.47. The molecule has 1 aliphatic carbocycles. The molecule has 1 saturated carbocycles. The van der Waals surface area contributed by atoms with Gasteiger partial charge < -0.3 is 19.1 Å². The van der Waals surface area contributed by atoms with Crippen LogP contribution in [0.3, 0.4) is 0 Å².